The fourth-order valence-electron chi connectivity index (χ4n) is 1.94. The van der Waals surface area contributed by atoms with Gasteiger partial charge in [0.1, 0.15) is 5.75 Å². The Labute approximate surface area is 109 Å². The predicted molar refractivity (Wildman–Crippen MR) is 73.6 cm³/mol. The fourth-order valence-corrected chi connectivity index (χ4v) is 2.12. The molecule has 1 aromatic rings. The highest BCUT2D eigenvalue weighted by molar-refractivity contribution is 6.30. The molecule has 0 fully saturated rings. The molecule has 0 heterocycles. The summed E-state index contributed by atoms with van der Waals surface area (Å²) in [6.07, 6.45) is 3.18. The third-order valence-electron chi connectivity index (χ3n) is 3.63. The standard InChI is InChI=1S/C14H22ClNO/c1-3-14(4-2,11-16)8-9-17-13-7-5-6-12(15)10-13/h5-7,10H,3-4,8-9,11,16H2,1-2H3. The molecule has 1 aromatic carbocycles. The van der Waals surface area contributed by atoms with Crippen LogP contribution in [0, 0.1) is 5.41 Å². The zero-order chi connectivity index (χ0) is 12.7. The van der Waals surface area contributed by atoms with Gasteiger partial charge in [-0.1, -0.05) is 31.5 Å². The van der Waals surface area contributed by atoms with Crippen LogP contribution in [0.2, 0.25) is 5.02 Å². The largest absolute Gasteiger partial charge is 0.494 e. The van der Waals surface area contributed by atoms with Crippen molar-refractivity contribution in [1.82, 2.24) is 0 Å². The molecular formula is C14H22ClNO. The van der Waals surface area contributed by atoms with Crippen LogP contribution in [-0.2, 0) is 0 Å². The minimum absolute atomic E-state index is 0.221. The second-order valence-electron chi connectivity index (χ2n) is 4.47. The molecule has 96 valence electrons. The van der Waals surface area contributed by atoms with Crippen LogP contribution in [0.4, 0.5) is 0 Å². The first kappa shape index (κ1) is 14.3. The minimum atomic E-state index is 0.221. The van der Waals surface area contributed by atoms with Crippen molar-refractivity contribution >= 4 is 11.6 Å². The van der Waals surface area contributed by atoms with Crippen molar-refractivity contribution < 1.29 is 4.74 Å². The third kappa shape index (κ3) is 4.21. The first-order valence-electron chi connectivity index (χ1n) is 6.24. The molecule has 0 unspecified atom stereocenters. The zero-order valence-corrected chi connectivity index (χ0v) is 11.5. The van der Waals surface area contributed by atoms with Crippen LogP contribution in [0.3, 0.4) is 0 Å². The van der Waals surface area contributed by atoms with E-state index in [1.807, 2.05) is 24.3 Å². The number of hydrogen-bond acceptors (Lipinski definition) is 2. The summed E-state index contributed by atoms with van der Waals surface area (Å²) >= 11 is 5.90. The molecule has 1 rings (SSSR count). The van der Waals surface area contributed by atoms with Crippen molar-refractivity contribution in [1.29, 1.82) is 0 Å². The molecule has 17 heavy (non-hydrogen) atoms. The summed E-state index contributed by atoms with van der Waals surface area (Å²) in [6.45, 7) is 5.80. The van der Waals surface area contributed by atoms with Gasteiger partial charge in [-0.05, 0) is 49.4 Å². The maximum atomic E-state index is 5.90. The lowest BCUT2D eigenvalue weighted by molar-refractivity contribution is 0.187. The van der Waals surface area contributed by atoms with E-state index in [2.05, 4.69) is 13.8 Å². The molecule has 0 aliphatic heterocycles. The van der Waals surface area contributed by atoms with Crippen LogP contribution in [0.1, 0.15) is 33.1 Å². The van der Waals surface area contributed by atoms with E-state index in [-0.39, 0.29) is 5.41 Å². The van der Waals surface area contributed by atoms with E-state index in [9.17, 15) is 0 Å². The molecule has 0 radical (unpaired) electrons. The maximum Gasteiger partial charge on any atom is 0.120 e. The van der Waals surface area contributed by atoms with Gasteiger partial charge in [0, 0.05) is 5.02 Å². The summed E-state index contributed by atoms with van der Waals surface area (Å²) in [6, 6.07) is 7.50. The van der Waals surface area contributed by atoms with Gasteiger partial charge in [-0.3, -0.25) is 0 Å². The summed E-state index contributed by atoms with van der Waals surface area (Å²) in [5.74, 6) is 0.829. The van der Waals surface area contributed by atoms with Gasteiger partial charge in [0.2, 0.25) is 0 Å². The molecule has 3 heteroatoms. The molecule has 0 atom stereocenters. The Hall–Kier alpha value is -0.730. The third-order valence-corrected chi connectivity index (χ3v) is 3.87. The predicted octanol–water partition coefficient (Wildman–Crippen LogP) is 3.87. The van der Waals surface area contributed by atoms with E-state index in [0.29, 0.717) is 11.6 Å². The monoisotopic (exact) mass is 255 g/mol. The first-order chi connectivity index (χ1) is 8.15. The molecule has 0 saturated heterocycles. The number of nitrogens with two attached hydrogens (primary N) is 1. The smallest absolute Gasteiger partial charge is 0.120 e. The summed E-state index contributed by atoms with van der Waals surface area (Å²) in [4.78, 5) is 0. The maximum absolute atomic E-state index is 5.90. The zero-order valence-electron chi connectivity index (χ0n) is 10.7. The van der Waals surface area contributed by atoms with Crippen LogP contribution in [0.25, 0.3) is 0 Å². The second kappa shape index (κ2) is 6.87. The lowest BCUT2D eigenvalue weighted by Crippen LogP contribution is -2.31. The van der Waals surface area contributed by atoms with Gasteiger partial charge in [0.15, 0.2) is 0 Å². The van der Waals surface area contributed by atoms with Gasteiger partial charge in [0.25, 0.3) is 0 Å². The van der Waals surface area contributed by atoms with Crippen LogP contribution in [0.5, 0.6) is 5.75 Å². The average molecular weight is 256 g/mol. The fraction of sp³-hybridized carbons (Fsp3) is 0.571. The lowest BCUT2D eigenvalue weighted by atomic mass is 9.80. The molecule has 0 aliphatic rings. The van der Waals surface area contributed by atoms with Gasteiger partial charge >= 0.3 is 0 Å². The highest BCUT2D eigenvalue weighted by Crippen LogP contribution is 2.29. The Balaban J connectivity index is 2.46. The van der Waals surface area contributed by atoms with E-state index in [1.165, 1.54) is 0 Å². The van der Waals surface area contributed by atoms with Gasteiger partial charge in [-0.15, -0.1) is 0 Å². The van der Waals surface area contributed by atoms with E-state index in [0.717, 1.165) is 31.6 Å². The van der Waals surface area contributed by atoms with Crippen LogP contribution < -0.4 is 10.5 Å². The second-order valence-corrected chi connectivity index (χ2v) is 4.90. The molecular weight excluding hydrogens is 234 g/mol. The summed E-state index contributed by atoms with van der Waals surface area (Å²) < 4.78 is 5.71. The quantitative estimate of drug-likeness (QED) is 0.803. The molecule has 0 spiro atoms. The Morgan fingerprint density at radius 3 is 2.53 bits per heavy atom. The normalized spacial score (nSPS) is 11.5. The Morgan fingerprint density at radius 2 is 2.00 bits per heavy atom. The van der Waals surface area contributed by atoms with Crippen LogP contribution in [-0.4, -0.2) is 13.2 Å². The molecule has 0 saturated carbocycles. The van der Waals surface area contributed by atoms with Gasteiger partial charge in [-0.2, -0.15) is 0 Å². The van der Waals surface area contributed by atoms with Gasteiger partial charge in [0.05, 0.1) is 6.61 Å². The average Bonchev–Trinajstić information content (AvgIpc) is 2.35. The Kier molecular flexibility index (Phi) is 5.79. The lowest BCUT2D eigenvalue weighted by Gasteiger charge is -2.29. The summed E-state index contributed by atoms with van der Waals surface area (Å²) in [5, 5.41) is 0.707. The Bertz CT molecular complexity index is 328. The van der Waals surface area contributed by atoms with E-state index >= 15 is 0 Å². The van der Waals surface area contributed by atoms with Crippen molar-refractivity contribution in [2.24, 2.45) is 11.1 Å². The van der Waals surface area contributed by atoms with Crippen molar-refractivity contribution in [2.75, 3.05) is 13.2 Å². The first-order valence-corrected chi connectivity index (χ1v) is 6.62. The molecule has 0 aromatic heterocycles. The van der Waals surface area contributed by atoms with Crippen LogP contribution in [0.15, 0.2) is 24.3 Å². The summed E-state index contributed by atoms with van der Waals surface area (Å²) in [7, 11) is 0. The van der Waals surface area contributed by atoms with E-state index < -0.39 is 0 Å². The topological polar surface area (TPSA) is 35.2 Å². The van der Waals surface area contributed by atoms with E-state index in [1.54, 1.807) is 0 Å². The molecule has 0 amide bonds. The minimum Gasteiger partial charge on any atom is -0.494 e. The number of halogens is 1. The molecule has 0 bridgehead atoms. The van der Waals surface area contributed by atoms with Gasteiger partial charge < -0.3 is 10.5 Å². The number of benzene rings is 1. The van der Waals surface area contributed by atoms with Crippen LogP contribution >= 0.6 is 11.6 Å². The number of hydrogen-bond donors (Lipinski definition) is 1. The highest BCUT2D eigenvalue weighted by atomic mass is 35.5. The van der Waals surface area contributed by atoms with E-state index in [4.69, 9.17) is 22.1 Å². The number of rotatable bonds is 7. The highest BCUT2D eigenvalue weighted by Gasteiger charge is 2.23. The van der Waals surface area contributed by atoms with Crippen molar-refractivity contribution in [3.8, 4) is 5.75 Å². The SMILES string of the molecule is CCC(CC)(CN)CCOc1cccc(Cl)c1. The molecule has 0 aliphatic carbocycles. The van der Waals surface area contributed by atoms with Gasteiger partial charge in [-0.25, -0.2) is 0 Å². The van der Waals surface area contributed by atoms with Crippen molar-refractivity contribution in [3.63, 3.8) is 0 Å². The molecule has 2 N–H and O–H groups in total. The van der Waals surface area contributed by atoms with Crippen molar-refractivity contribution in [2.45, 2.75) is 33.1 Å². The molecule has 2 nitrogen and oxygen atoms in total. The summed E-state index contributed by atoms with van der Waals surface area (Å²) in [5.41, 5.74) is 6.08. The Morgan fingerprint density at radius 1 is 1.29 bits per heavy atom. The van der Waals surface area contributed by atoms with Crippen molar-refractivity contribution in [3.05, 3.63) is 29.3 Å². The number of ether oxygens (including phenoxy) is 1.